The van der Waals surface area contributed by atoms with E-state index in [1.54, 1.807) is 0 Å². The van der Waals surface area contributed by atoms with Crippen LogP contribution >= 0.6 is 15.9 Å². The molecule has 18 heavy (non-hydrogen) atoms. The third kappa shape index (κ3) is 2.65. The Morgan fingerprint density at radius 3 is 2.50 bits per heavy atom. The smallest absolute Gasteiger partial charge is 0.0124 e. The lowest BCUT2D eigenvalue weighted by atomic mass is 9.75. The average Bonchev–Trinajstić information content (AvgIpc) is 2.83. The number of hydrogen-bond donors (Lipinski definition) is 0. The average molecular weight is 314 g/mol. The first kappa shape index (κ1) is 13.4. The van der Waals surface area contributed by atoms with E-state index in [4.69, 9.17) is 0 Å². The molecule has 0 bridgehead atoms. The van der Waals surface area contributed by atoms with Gasteiger partial charge in [0.25, 0.3) is 0 Å². The van der Waals surface area contributed by atoms with E-state index in [9.17, 15) is 0 Å². The van der Waals surface area contributed by atoms with Crippen molar-refractivity contribution in [2.75, 3.05) is 18.4 Å². The Balaban J connectivity index is 1.64. The van der Waals surface area contributed by atoms with Gasteiger partial charge in [-0.3, -0.25) is 4.90 Å². The maximum absolute atomic E-state index is 3.84. The van der Waals surface area contributed by atoms with Gasteiger partial charge in [-0.15, -0.1) is 0 Å². The van der Waals surface area contributed by atoms with Crippen LogP contribution in [0.5, 0.6) is 0 Å². The summed E-state index contributed by atoms with van der Waals surface area (Å²) in [6, 6.07) is 0.955. The van der Waals surface area contributed by atoms with Crippen molar-refractivity contribution in [3.05, 3.63) is 0 Å². The van der Waals surface area contributed by atoms with Gasteiger partial charge in [0, 0.05) is 17.9 Å². The minimum atomic E-state index is 0.616. The van der Waals surface area contributed by atoms with Crippen LogP contribution in [0.4, 0.5) is 0 Å². The predicted octanol–water partition coefficient (Wildman–Crippen LogP) is 4.60. The summed E-state index contributed by atoms with van der Waals surface area (Å²) < 4.78 is 0. The largest absolute Gasteiger partial charge is 0.300 e. The molecule has 3 rings (SSSR count). The van der Waals surface area contributed by atoms with E-state index < -0.39 is 0 Å². The highest BCUT2D eigenvalue weighted by Gasteiger charge is 2.40. The summed E-state index contributed by atoms with van der Waals surface area (Å²) in [4.78, 5) is 2.89. The zero-order valence-corrected chi connectivity index (χ0v) is 13.3. The van der Waals surface area contributed by atoms with Crippen molar-refractivity contribution in [3.63, 3.8) is 0 Å². The fourth-order valence-electron chi connectivity index (χ4n) is 4.77. The standard InChI is InChI=1S/C16H28BrN/c17-12-16(9-4-1-5-10-16)13-18-11-8-14-6-2-3-7-15(14)18/h14-15H,1-13H2. The Bertz CT molecular complexity index is 272. The molecule has 1 saturated heterocycles. The fourth-order valence-corrected chi connectivity index (χ4v) is 5.50. The summed E-state index contributed by atoms with van der Waals surface area (Å²) in [6.07, 6.45) is 14.8. The van der Waals surface area contributed by atoms with Crippen molar-refractivity contribution in [1.82, 2.24) is 4.90 Å². The Morgan fingerprint density at radius 2 is 1.72 bits per heavy atom. The molecule has 0 aromatic heterocycles. The second-order valence-corrected chi connectivity index (χ2v) is 7.63. The van der Waals surface area contributed by atoms with Crippen molar-refractivity contribution in [2.24, 2.45) is 11.3 Å². The number of alkyl halides is 1. The third-order valence-electron chi connectivity index (χ3n) is 5.86. The molecule has 0 amide bonds. The molecule has 0 radical (unpaired) electrons. The van der Waals surface area contributed by atoms with E-state index in [2.05, 4.69) is 20.8 Å². The Hall–Kier alpha value is 0.440. The lowest BCUT2D eigenvalue weighted by molar-refractivity contribution is 0.0957. The maximum Gasteiger partial charge on any atom is 0.0124 e. The summed E-state index contributed by atoms with van der Waals surface area (Å²) in [5.41, 5.74) is 0.616. The molecule has 2 aliphatic carbocycles. The predicted molar refractivity (Wildman–Crippen MR) is 81.2 cm³/mol. The topological polar surface area (TPSA) is 3.24 Å². The molecule has 2 heteroatoms. The number of hydrogen-bond acceptors (Lipinski definition) is 1. The van der Waals surface area contributed by atoms with Gasteiger partial charge in [0.05, 0.1) is 0 Å². The molecule has 3 fully saturated rings. The van der Waals surface area contributed by atoms with Crippen LogP contribution in [0.25, 0.3) is 0 Å². The summed E-state index contributed by atoms with van der Waals surface area (Å²) in [5, 5.41) is 1.23. The van der Waals surface area contributed by atoms with Gasteiger partial charge in [0.2, 0.25) is 0 Å². The molecular formula is C16H28BrN. The van der Waals surface area contributed by atoms with Gasteiger partial charge in [-0.25, -0.2) is 0 Å². The normalized spacial score (nSPS) is 36.5. The van der Waals surface area contributed by atoms with Crippen LogP contribution in [0.2, 0.25) is 0 Å². The van der Waals surface area contributed by atoms with Crippen LogP contribution in [0.1, 0.15) is 64.2 Å². The van der Waals surface area contributed by atoms with Crippen LogP contribution in [0.15, 0.2) is 0 Å². The molecule has 2 atom stereocenters. The molecule has 0 N–H and O–H groups in total. The maximum atomic E-state index is 3.84. The van der Waals surface area contributed by atoms with E-state index in [1.807, 2.05) is 0 Å². The number of likely N-dealkylation sites (tertiary alicyclic amines) is 1. The summed E-state index contributed by atoms with van der Waals surface area (Å²) in [6.45, 7) is 2.78. The van der Waals surface area contributed by atoms with Gasteiger partial charge in [-0.05, 0) is 50.0 Å². The highest BCUT2D eigenvalue weighted by molar-refractivity contribution is 9.09. The van der Waals surface area contributed by atoms with E-state index >= 15 is 0 Å². The highest BCUT2D eigenvalue weighted by Crippen LogP contribution is 2.43. The number of nitrogens with zero attached hydrogens (tertiary/aromatic N) is 1. The lowest BCUT2D eigenvalue weighted by Crippen LogP contribution is -2.44. The van der Waals surface area contributed by atoms with Crippen LogP contribution in [0, 0.1) is 11.3 Å². The summed E-state index contributed by atoms with van der Waals surface area (Å²) >= 11 is 3.84. The van der Waals surface area contributed by atoms with Crippen molar-refractivity contribution in [3.8, 4) is 0 Å². The quantitative estimate of drug-likeness (QED) is 0.688. The minimum Gasteiger partial charge on any atom is -0.300 e. The molecule has 0 aromatic rings. The highest BCUT2D eigenvalue weighted by atomic mass is 79.9. The lowest BCUT2D eigenvalue weighted by Gasteiger charge is -2.42. The van der Waals surface area contributed by atoms with Crippen molar-refractivity contribution < 1.29 is 0 Å². The second kappa shape index (κ2) is 5.83. The SMILES string of the molecule is BrCC1(CN2CCC3CCCCC32)CCCCC1. The molecule has 0 spiro atoms. The van der Waals surface area contributed by atoms with Gasteiger partial charge >= 0.3 is 0 Å². The first-order valence-corrected chi connectivity index (χ1v) is 9.25. The van der Waals surface area contributed by atoms with Crippen LogP contribution in [-0.4, -0.2) is 29.4 Å². The molecule has 1 aliphatic heterocycles. The molecule has 2 unspecified atom stereocenters. The van der Waals surface area contributed by atoms with Gasteiger partial charge in [0.1, 0.15) is 0 Å². The second-order valence-electron chi connectivity index (χ2n) is 7.07. The van der Waals surface area contributed by atoms with Crippen molar-refractivity contribution >= 4 is 15.9 Å². The fraction of sp³-hybridized carbons (Fsp3) is 1.00. The first-order valence-electron chi connectivity index (χ1n) is 8.13. The van der Waals surface area contributed by atoms with Crippen LogP contribution in [0.3, 0.4) is 0 Å². The number of fused-ring (bicyclic) bond motifs is 1. The molecule has 104 valence electrons. The Kier molecular flexibility index (Phi) is 4.35. The third-order valence-corrected chi connectivity index (χ3v) is 7.05. The summed E-state index contributed by atoms with van der Waals surface area (Å²) in [7, 11) is 0. The van der Waals surface area contributed by atoms with Gasteiger partial charge in [-0.2, -0.15) is 0 Å². The molecule has 3 aliphatic rings. The molecule has 1 nitrogen and oxygen atoms in total. The van der Waals surface area contributed by atoms with E-state index in [0.717, 1.165) is 12.0 Å². The van der Waals surface area contributed by atoms with Gasteiger partial charge in [-0.1, -0.05) is 48.0 Å². The molecular weight excluding hydrogens is 286 g/mol. The van der Waals surface area contributed by atoms with Gasteiger partial charge in [0.15, 0.2) is 0 Å². The van der Waals surface area contributed by atoms with E-state index in [-0.39, 0.29) is 0 Å². The monoisotopic (exact) mass is 313 g/mol. The van der Waals surface area contributed by atoms with Crippen LogP contribution in [-0.2, 0) is 0 Å². The van der Waals surface area contributed by atoms with Crippen molar-refractivity contribution in [1.29, 1.82) is 0 Å². The first-order chi connectivity index (χ1) is 8.83. The van der Waals surface area contributed by atoms with E-state index in [0.29, 0.717) is 5.41 Å². The van der Waals surface area contributed by atoms with E-state index in [1.165, 1.54) is 82.6 Å². The molecule has 0 aromatic carbocycles. The van der Waals surface area contributed by atoms with Crippen molar-refractivity contribution in [2.45, 2.75) is 70.3 Å². The van der Waals surface area contributed by atoms with Gasteiger partial charge < -0.3 is 0 Å². The number of rotatable bonds is 3. The molecule has 1 heterocycles. The zero-order valence-electron chi connectivity index (χ0n) is 11.7. The Labute approximate surface area is 121 Å². The molecule has 2 saturated carbocycles. The minimum absolute atomic E-state index is 0.616. The zero-order chi connectivity index (χ0) is 12.4. The summed E-state index contributed by atoms with van der Waals surface area (Å²) in [5.74, 6) is 1.05. The number of halogens is 1. The van der Waals surface area contributed by atoms with Crippen LogP contribution < -0.4 is 0 Å². The Morgan fingerprint density at radius 1 is 0.944 bits per heavy atom.